The van der Waals surface area contributed by atoms with Crippen molar-refractivity contribution in [1.29, 1.82) is 0 Å². The molecule has 0 radical (unpaired) electrons. The van der Waals surface area contributed by atoms with E-state index in [0.29, 0.717) is 4.22 Å². The number of allylic oxidation sites excluding steroid dienone is 1. The molecule has 1 aromatic rings. The van der Waals surface area contributed by atoms with Crippen LogP contribution < -0.4 is 50.9 Å². The summed E-state index contributed by atoms with van der Waals surface area (Å²) in [6.07, 6.45) is 6.87. The molecular weight excluding hydrogens is 444 g/mol. The van der Waals surface area contributed by atoms with E-state index in [1.54, 1.807) is 0 Å². The Balaban J connectivity index is 0. The first kappa shape index (κ1) is 20.4. The summed E-state index contributed by atoms with van der Waals surface area (Å²) in [7, 11) is 0. The Morgan fingerprint density at radius 1 is 1.00 bits per heavy atom. The van der Waals surface area contributed by atoms with Crippen LogP contribution in [0.4, 0.5) is 0 Å². The fourth-order valence-electron chi connectivity index (χ4n) is 2.10. The molecular formula is C13H15Br3Ti. The van der Waals surface area contributed by atoms with Crippen molar-refractivity contribution >= 4 is 6.08 Å². The van der Waals surface area contributed by atoms with E-state index >= 15 is 0 Å². The first-order chi connectivity index (χ1) is 6.76. The molecule has 0 saturated carbocycles. The number of hydrogen-bond donors (Lipinski definition) is 0. The summed E-state index contributed by atoms with van der Waals surface area (Å²) in [5.41, 5.74) is 6.00. The maximum atomic E-state index is 2.40. The Morgan fingerprint density at radius 3 is 2.06 bits per heavy atom. The van der Waals surface area contributed by atoms with Gasteiger partial charge in [-0.05, 0) is 0 Å². The van der Waals surface area contributed by atoms with Crippen LogP contribution in [0.5, 0.6) is 0 Å². The van der Waals surface area contributed by atoms with Gasteiger partial charge in [-0.3, -0.25) is 0 Å². The quantitative estimate of drug-likeness (QED) is 0.388. The Bertz CT molecular complexity index is 388. The van der Waals surface area contributed by atoms with Gasteiger partial charge in [-0.1, -0.05) is 0 Å². The van der Waals surface area contributed by atoms with Gasteiger partial charge in [-0.2, -0.15) is 0 Å². The summed E-state index contributed by atoms with van der Waals surface area (Å²) in [6, 6.07) is 4.77. The van der Waals surface area contributed by atoms with E-state index in [9.17, 15) is 0 Å². The van der Waals surface area contributed by atoms with E-state index in [2.05, 4.69) is 58.6 Å². The van der Waals surface area contributed by atoms with Crippen molar-refractivity contribution in [2.24, 2.45) is 0 Å². The Hall–Kier alpha value is 1.11. The van der Waals surface area contributed by atoms with Crippen molar-refractivity contribution in [3.8, 4) is 0 Å². The molecule has 0 bridgehead atoms. The summed E-state index contributed by atoms with van der Waals surface area (Å²) in [4.78, 5) is 0. The van der Waals surface area contributed by atoms with Crippen LogP contribution in [-0.4, -0.2) is 0 Å². The predicted molar refractivity (Wildman–Crippen MR) is 57.0 cm³/mol. The van der Waals surface area contributed by atoms with Crippen LogP contribution in [0.25, 0.3) is 6.08 Å². The van der Waals surface area contributed by atoms with E-state index < -0.39 is 0 Å². The molecule has 0 amide bonds. The summed E-state index contributed by atoms with van der Waals surface area (Å²) in [5, 5.41) is 0. The second kappa shape index (κ2) is 9.09. The van der Waals surface area contributed by atoms with Gasteiger partial charge in [-0.15, -0.1) is 0 Å². The molecule has 2 rings (SSSR count). The van der Waals surface area contributed by atoms with Crippen molar-refractivity contribution in [3.63, 3.8) is 0 Å². The van der Waals surface area contributed by atoms with Crippen LogP contribution >= 0.6 is 0 Å². The van der Waals surface area contributed by atoms with Crippen LogP contribution in [0.1, 0.15) is 40.3 Å². The number of fused-ring (bicyclic) bond motifs is 1. The zero-order valence-corrected chi connectivity index (χ0v) is 16.3. The Morgan fingerprint density at radius 2 is 1.53 bits per heavy atom. The van der Waals surface area contributed by atoms with Gasteiger partial charge in [0.15, 0.2) is 0 Å². The number of hydrogen-bond acceptors (Lipinski definition) is 0. The molecule has 0 spiro atoms. The molecule has 92 valence electrons. The van der Waals surface area contributed by atoms with Crippen LogP contribution in [0, 0.1) is 0 Å². The first-order valence-corrected chi connectivity index (χ1v) is 6.21. The molecule has 0 heterocycles. The van der Waals surface area contributed by atoms with Gasteiger partial charge >= 0.3 is 97.9 Å². The van der Waals surface area contributed by atoms with E-state index in [1.165, 1.54) is 22.3 Å². The SMILES string of the molecule is CCc1cc2c(cc1CC)[CH]([Ti+3])C=C2.[Br-].[Br-].[Br-]. The number of benzene rings is 1. The number of rotatable bonds is 2. The van der Waals surface area contributed by atoms with Gasteiger partial charge < -0.3 is 50.9 Å². The van der Waals surface area contributed by atoms with Crippen molar-refractivity contribution in [3.05, 3.63) is 40.5 Å². The van der Waals surface area contributed by atoms with Crippen molar-refractivity contribution in [1.82, 2.24) is 0 Å². The molecule has 17 heavy (non-hydrogen) atoms. The fraction of sp³-hybridized carbons (Fsp3) is 0.385. The molecule has 0 fully saturated rings. The molecule has 0 saturated heterocycles. The van der Waals surface area contributed by atoms with Crippen LogP contribution in [-0.2, 0) is 33.3 Å². The normalized spacial score (nSPS) is 15.4. The smallest absolute Gasteiger partial charge is 1.00 e. The molecule has 4 heteroatoms. The molecule has 0 N–H and O–H groups in total. The van der Waals surface area contributed by atoms with Gasteiger partial charge in [0, 0.05) is 0 Å². The minimum atomic E-state index is 0. The average molecular weight is 459 g/mol. The maximum Gasteiger partial charge on any atom is -1.00 e. The van der Waals surface area contributed by atoms with Gasteiger partial charge in [0.1, 0.15) is 0 Å². The summed E-state index contributed by atoms with van der Waals surface area (Å²) in [6.45, 7) is 4.48. The fourth-order valence-corrected chi connectivity index (χ4v) is 2.64. The molecule has 1 aliphatic carbocycles. The van der Waals surface area contributed by atoms with Gasteiger partial charge in [0.25, 0.3) is 0 Å². The zero-order valence-electron chi connectivity index (χ0n) is 9.93. The minimum Gasteiger partial charge on any atom is -1.00 e. The third-order valence-electron chi connectivity index (χ3n) is 2.97. The minimum absolute atomic E-state index is 0. The largest absolute Gasteiger partial charge is 1.00 e. The van der Waals surface area contributed by atoms with E-state index in [4.69, 9.17) is 0 Å². The van der Waals surface area contributed by atoms with Crippen molar-refractivity contribution in [2.75, 3.05) is 0 Å². The Labute approximate surface area is 147 Å². The molecule has 1 aliphatic rings. The monoisotopic (exact) mass is 456 g/mol. The molecule has 1 aromatic carbocycles. The molecule has 1 unspecified atom stereocenters. The number of halogens is 3. The summed E-state index contributed by atoms with van der Waals surface area (Å²) >= 11 is 2.27. The van der Waals surface area contributed by atoms with Crippen molar-refractivity contribution < 1.29 is 71.4 Å². The van der Waals surface area contributed by atoms with E-state index in [-0.39, 0.29) is 50.9 Å². The second-order valence-corrected chi connectivity index (χ2v) is 4.77. The third-order valence-corrected chi connectivity index (χ3v) is 3.76. The topological polar surface area (TPSA) is 0 Å². The predicted octanol–water partition coefficient (Wildman–Crippen LogP) is -5.56. The summed E-state index contributed by atoms with van der Waals surface area (Å²) < 4.78 is 0.612. The van der Waals surface area contributed by atoms with E-state index in [1.807, 2.05) is 0 Å². The van der Waals surface area contributed by atoms with Crippen molar-refractivity contribution in [2.45, 2.75) is 30.9 Å². The van der Waals surface area contributed by atoms with Crippen LogP contribution in [0.15, 0.2) is 18.2 Å². The third kappa shape index (κ3) is 4.31. The Kier molecular flexibility index (Phi) is 10.9. The zero-order chi connectivity index (χ0) is 10.1. The summed E-state index contributed by atoms with van der Waals surface area (Å²) in [5.74, 6) is 0. The standard InChI is InChI=1S/C13H15.3BrH.Ti/c1-3-10-8-12-6-5-7-13(12)9-11(10)4-2;;;;/h5-9H,3-4H2,1-2H3;3*1H;/q;;;;+3/p-3. The first-order valence-electron chi connectivity index (χ1n) is 5.31. The maximum absolute atomic E-state index is 2.40. The van der Waals surface area contributed by atoms with E-state index in [0.717, 1.165) is 12.8 Å². The molecule has 0 aliphatic heterocycles. The molecule has 0 aromatic heterocycles. The average Bonchev–Trinajstić information content (AvgIpc) is 2.58. The van der Waals surface area contributed by atoms with Gasteiger partial charge in [0.05, 0.1) is 0 Å². The van der Waals surface area contributed by atoms with Gasteiger partial charge in [-0.25, -0.2) is 0 Å². The van der Waals surface area contributed by atoms with Crippen LogP contribution in [0.3, 0.4) is 0 Å². The second-order valence-electron chi connectivity index (χ2n) is 3.79. The van der Waals surface area contributed by atoms with Gasteiger partial charge in [0.2, 0.25) is 0 Å². The van der Waals surface area contributed by atoms with Crippen LogP contribution in [0.2, 0.25) is 0 Å². The number of aryl methyl sites for hydroxylation is 2. The molecule has 1 atom stereocenters. The molecule has 0 nitrogen and oxygen atoms in total.